The molecule has 1 heterocycles. The topological polar surface area (TPSA) is 72.7 Å². The Morgan fingerprint density at radius 1 is 1.55 bits per heavy atom. The Kier molecular flexibility index (Phi) is 4.59. The van der Waals surface area contributed by atoms with Gasteiger partial charge in [-0.2, -0.15) is 0 Å². The van der Waals surface area contributed by atoms with Gasteiger partial charge in [-0.15, -0.1) is 0 Å². The van der Waals surface area contributed by atoms with Crippen molar-refractivity contribution in [3.05, 3.63) is 37.4 Å². The minimum Gasteiger partial charge on any atom is -0.376 e. The first kappa shape index (κ1) is 15.2. The second-order valence-electron chi connectivity index (χ2n) is 4.77. The van der Waals surface area contributed by atoms with Crippen molar-refractivity contribution in [1.82, 2.24) is 4.90 Å². The van der Waals surface area contributed by atoms with E-state index in [1.54, 1.807) is 18.0 Å². The van der Waals surface area contributed by atoms with Crippen LogP contribution in [0.4, 0.5) is 5.69 Å². The van der Waals surface area contributed by atoms with Crippen molar-refractivity contribution in [2.24, 2.45) is 0 Å². The van der Waals surface area contributed by atoms with Gasteiger partial charge in [-0.3, -0.25) is 14.9 Å². The molecule has 2 rings (SSSR count). The number of non-ortho nitro benzene ring substituents is 1. The molecule has 1 aromatic carbocycles. The third-order valence-electron chi connectivity index (χ3n) is 3.55. The minimum atomic E-state index is -0.492. The number of hydrogen-bond donors (Lipinski definition) is 0. The van der Waals surface area contributed by atoms with Crippen LogP contribution in [-0.4, -0.2) is 41.5 Å². The highest BCUT2D eigenvalue weighted by Crippen LogP contribution is 2.24. The predicted molar refractivity (Wildman–Crippen MR) is 81.7 cm³/mol. The summed E-state index contributed by atoms with van der Waals surface area (Å²) in [6.07, 6.45) is 0.773. The lowest BCUT2D eigenvalue weighted by Gasteiger charge is -2.27. The number of ether oxygens (including phenoxy) is 1. The molecule has 0 aliphatic carbocycles. The average Bonchev–Trinajstić information content (AvgIpc) is 2.83. The summed E-state index contributed by atoms with van der Waals surface area (Å²) in [5.74, 6) is -0.208. The van der Waals surface area contributed by atoms with Crippen LogP contribution >= 0.6 is 22.6 Å². The number of hydrogen-bond acceptors (Lipinski definition) is 4. The van der Waals surface area contributed by atoms with Crippen LogP contribution in [0.25, 0.3) is 0 Å². The van der Waals surface area contributed by atoms with Crippen molar-refractivity contribution in [3.8, 4) is 0 Å². The van der Waals surface area contributed by atoms with E-state index in [1.807, 2.05) is 29.5 Å². The van der Waals surface area contributed by atoms with E-state index in [-0.39, 0.29) is 23.7 Å². The number of rotatable bonds is 3. The van der Waals surface area contributed by atoms with Crippen molar-refractivity contribution in [1.29, 1.82) is 0 Å². The standard InChI is InChI=1S/C13H15IN2O4/c1-8-12(5-6-20-8)15(2)13(17)10-7-9(16(18)19)3-4-11(10)14/h3-4,7-8,12H,5-6H2,1-2H3. The molecular weight excluding hydrogens is 375 g/mol. The Bertz CT molecular complexity index is 549. The van der Waals surface area contributed by atoms with E-state index in [0.29, 0.717) is 15.7 Å². The molecule has 1 aliphatic rings. The number of nitrogens with zero attached hydrogens (tertiary/aromatic N) is 2. The Hall–Kier alpha value is -1.22. The van der Waals surface area contributed by atoms with Crippen molar-refractivity contribution >= 4 is 34.2 Å². The van der Waals surface area contributed by atoms with Gasteiger partial charge in [0.15, 0.2) is 0 Å². The smallest absolute Gasteiger partial charge is 0.270 e. The molecule has 0 N–H and O–H groups in total. The van der Waals surface area contributed by atoms with E-state index >= 15 is 0 Å². The van der Waals surface area contributed by atoms with Gasteiger partial charge >= 0.3 is 0 Å². The summed E-state index contributed by atoms with van der Waals surface area (Å²) in [5, 5.41) is 10.8. The minimum absolute atomic E-state index is 0.0116. The van der Waals surface area contributed by atoms with Gasteiger partial charge in [-0.1, -0.05) is 0 Å². The fraction of sp³-hybridized carbons (Fsp3) is 0.462. The van der Waals surface area contributed by atoms with Crippen LogP contribution in [-0.2, 0) is 4.74 Å². The fourth-order valence-electron chi connectivity index (χ4n) is 2.36. The summed E-state index contributed by atoms with van der Waals surface area (Å²) in [6.45, 7) is 2.56. The summed E-state index contributed by atoms with van der Waals surface area (Å²) in [5.41, 5.74) is 0.291. The SMILES string of the molecule is CC1OCCC1N(C)C(=O)c1cc([N+](=O)[O-])ccc1I. The molecular formula is C13H15IN2O4. The molecule has 0 radical (unpaired) electrons. The highest BCUT2D eigenvalue weighted by Gasteiger charge is 2.32. The van der Waals surface area contributed by atoms with Gasteiger partial charge < -0.3 is 9.64 Å². The van der Waals surface area contributed by atoms with Crippen molar-refractivity contribution in [2.75, 3.05) is 13.7 Å². The second-order valence-corrected chi connectivity index (χ2v) is 5.93. The lowest BCUT2D eigenvalue weighted by molar-refractivity contribution is -0.384. The Morgan fingerprint density at radius 2 is 2.25 bits per heavy atom. The lowest BCUT2D eigenvalue weighted by Crippen LogP contribution is -2.41. The van der Waals surface area contributed by atoms with Gasteiger partial charge in [0.05, 0.1) is 22.6 Å². The van der Waals surface area contributed by atoms with Gasteiger partial charge in [-0.05, 0) is 42.0 Å². The van der Waals surface area contributed by atoms with Crippen LogP contribution in [0.15, 0.2) is 18.2 Å². The van der Waals surface area contributed by atoms with Gasteiger partial charge in [0.1, 0.15) is 0 Å². The Morgan fingerprint density at radius 3 is 2.80 bits per heavy atom. The lowest BCUT2D eigenvalue weighted by atomic mass is 10.1. The number of carbonyl (C=O) groups is 1. The number of nitro benzene ring substituents is 1. The molecule has 6 nitrogen and oxygen atoms in total. The van der Waals surface area contributed by atoms with Gasteiger partial charge in [0, 0.05) is 29.4 Å². The van der Waals surface area contributed by atoms with Gasteiger partial charge in [-0.25, -0.2) is 0 Å². The summed E-state index contributed by atoms with van der Waals surface area (Å²) in [6, 6.07) is 4.34. The quantitative estimate of drug-likeness (QED) is 0.452. The predicted octanol–water partition coefficient (Wildman–Crippen LogP) is 2.45. The zero-order valence-corrected chi connectivity index (χ0v) is 13.4. The van der Waals surface area contributed by atoms with Crippen LogP contribution in [0.5, 0.6) is 0 Å². The van der Waals surface area contributed by atoms with Crippen molar-refractivity contribution < 1.29 is 14.5 Å². The largest absolute Gasteiger partial charge is 0.376 e. The zero-order chi connectivity index (χ0) is 14.9. The number of amides is 1. The van der Waals surface area contributed by atoms with E-state index < -0.39 is 4.92 Å². The molecule has 0 saturated carbocycles. The maximum absolute atomic E-state index is 12.5. The van der Waals surface area contributed by atoms with E-state index in [0.717, 1.165) is 6.42 Å². The summed E-state index contributed by atoms with van der Waals surface area (Å²) >= 11 is 2.02. The molecule has 7 heteroatoms. The van der Waals surface area contributed by atoms with Crippen LogP contribution in [0, 0.1) is 13.7 Å². The molecule has 1 saturated heterocycles. The molecule has 1 aromatic rings. The van der Waals surface area contributed by atoms with Crippen molar-refractivity contribution in [3.63, 3.8) is 0 Å². The molecule has 1 fully saturated rings. The van der Waals surface area contributed by atoms with Gasteiger partial charge in [0.25, 0.3) is 11.6 Å². The summed E-state index contributed by atoms with van der Waals surface area (Å²) < 4.78 is 6.17. The molecule has 1 amide bonds. The molecule has 0 aromatic heterocycles. The van der Waals surface area contributed by atoms with E-state index in [1.165, 1.54) is 12.1 Å². The zero-order valence-electron chi connectivity index (χ0n) is 11.2. The molecule has 2 unspecified atom stereocenters. The van der Waals surface area contributed by atoms with Crippen LogP contribution in [0.1, 0.15) is 23.7 Å². The second kappa shape index (κ2) is 6.04. The number of likely N-dealkylation sites (N-methyl/N-ethyl adjacent to an activating group) is 1. The van der Waals surface area contributed by atoms with Crippen LogP contribution in [0.3, 0.4) is 0 Å². The number of halogens is 1. The Balaban J connectivity index is 2.28. The first-order valence-corrected chi connectivity index (χ1v) is 7.32. The van der Waals surface area contributed by atoms with Gasteiger partial charge in [0.2, 0.25) is 0 Å². The molecule has 0 spiro atoms. The first-order valence-electron chi connectivity index (χ1n) is 6.24. The van der Waals surface area contributed by atoms with E-state index in [9.17, 15) is 14.9 Å². The summed E-state index contributed by atoms with van der Waals surface area (Å²) in [4.78, 5) is 24.5. The van der Waals surface area contributed by atoms with Crippen LogP contribution < -0.4 is 0 Å². The molecule has 2 atom stereocenters. The van der Waals surface area contributed by atoms with Crippen LogP contribution in [0.2, 0.25) is 0 Å². The van der Waals surface area contributed by atoms with E-state index in [4.69, 9.17) is 4.74 Å². The molecule has 0 bridgehead atoms. The highest BCUT2D eigenvalue weighted by molar-refractivity contribution is 14.1. The third kappa shape index (κ3) is 2.93. The maximum Gasteiger partial charge on any atom is 0.270 e. The fourth-order valence-corrected chi connectivity index (χ4v) is 2.93. The maximum atomic E-state index is 12.5. The Labute approximate surface area is 130 Å². The molecule has 20 heavy (non-hydrogen) atoms. The number of benzene rings is 1. The van der Waals surface area contributed by atoms with E-state index in [2.05, 4.69) is 0 Å². The normalized spacial score (nSPS) is 21.8. The third-order valence-corrected chi connectivity index (χ3v) is 4.49. The number of nitro groups is 1. The molecule has 1 aliphatic heterocycles. The number of carbonyl (C=O) groups excluding carboxylic acids is 1. The average molecular weight is 390 g/mol. The molecule has 108 valence electrons. The highest BCUT2D eigenvalue weighted by atomic mass is 127. The summed E-state index contributed by atoms with van der Waals surface area (Å²) in [7, 11) is 1.72. The van der Waals surface area contributed by atoms with Crippen molar-refractivity contribution in [2.45, 2.75) is 25.5 Å². The monoisotopic (exact) mass is 390 g/mol. The first-order chi connectivity index (χ1) is 9.41.